The van der Waals surface area contributed by atoms with Gasteiger partial charge in [-0.25, -0.2) is 4.79 Å². The largest absolute Gasteiger partial charge is 0.489 e. The summed E-state index contributed by atoms with van der Waals surface area (Å²) in [5.41, 5.74) is 1.97. The molecule has 0 aliphatic carbocycles. The molecule has 1 amide bonds. The van der Waals surface area contributed by atoms with E-state index in [-0.39, 0.29) is 17.6 Å². The Bertz CT molecular complexity index is 682. The fourth-order valence-electron chi connectivity index (χ4n) is 2.75. The van der Waals surface area contributed by atoms with Crippen molar-refractivity contribution in [1.82, 2.24) is 5.32 Å². The number of cyclic esters (lactones) is 1. The number of benzene rings is 2. The molecule has 1 N–H and O–H groups in total. The number of ether oxygens (including phenoxy) is 2. The maximum absolute atomic E-state index is 11.6. The van der Waals surface area contributed by atoms with E-state index in [4.69, 9.17) is 9.47 Å². The molecule has 4 nitrogen and oxygen atoms in total. The number of amides is 1. The predicted molar refractivity (Wildman–Crippen MR) is 88.2 cm³/mol. The van der Waals surface area contributed by atoms with Crippen LogP contribution < -0.4 is 10.1 Å². The fourth-order valence-corrected chi connectivity index (χ4v) is 2.75. The zero-order valence-electron chi connectivity index (χ0n) is 13.4. The van der Waals surface area contributed by atoms with E-state index in [9.17, 15) is 4.79 Å². The second kappa shape index (κ2) is 6.32. The van der Waals surface area contributed by atoms with Gasteiger partial charge in [0.25, 0.3) is 0 Å². The zero-order valence-corrected chi connectivity index (χ0v) is 13.4. The SMILES string of the molecule is CC1(C)COC(=O)N[C@@H]1c1cccc(OCc2ccccc2)c1. The topological polar surface area (TPSA) is 47.6 Å². The second-order valence-electron chi connectivity index (χ2n) is 6.49. The average molecular weight is 311 g/mol. The van der Waals surface area contributed by atoms with E-state index in [0.29, 0.717) is 13.2 Å². The van der Waals surface area contributed by atoms with Crippen LogP contribution in [0.15, 0.2) is 54.6 Å². The van der Waals surface area contributed by atoms with E-state index in [2.05, 4.69) is 19.2 Å². The van der Waals surface area contributed by atoms with E-state index >= 15 is 0 Å². The van der Waals surface area contributed by atoms with Gasteiger partial charge in [0, 0.05) is 5.41 Å². The third-order valence-electron chi connectivity index (χ3n) is 4.06. The van der Waals surface area contributed by atoms with Gasteiger partial charge in [-0.1, -0.05) is 56.3 Å². The first-order valence-electron chi connectivity index (χ1n) is 7.74. The first-order valence-corrected chi connectivity index (χ1v) is 7.74. The zero-order chi connectivity index (χ0) is 16.3. The van der Waals surface area contributed by atoms with Gasteiger partial charge in [0.05, 0.1) is 6.04 Å². The highest BCUT2D eigenvalue weighted by molar-refractivity contribution is 5.69. The number of carbonyl (C=O) groups is 1. The highest BCUT2D eigenvalue weighted by atomic mass is 16.6. The average Bonchev–Trinajstić information content (AvgIpc) is 2.56. The first-order chi connectivity index (χ1) is 11.0. The first kappa shape index (κ1) is 15.4. The highest BCUT2D eigenvalue weighted by Crippen LogP contribution is 2.37. The minimum Gasteiger partial charge on any atom is -0.489 e. The molecule has 0 saturated carbocycles. The Morgan fingerprint density at radius 1 is 1.17 bits per heavy atom. The summed E-state index contributed by atoms with van der Waals surface area (Å²) in [5, 5.41) is 2.91. The van der Waals surface area contributed by atoms with Gasteiger partial charge in [-0.3, -0.25) is 0 Å². The Morgan fingerprint density at radius 2 is 1.96 bits per heavy atom. The number of hydrogen-bond acceptors (Lipinski definition) is 3. The van der Waals surface area contributed by atoms with Crippen LogP contribution in [0.5, 0.6) is 5.75 Å². The van der Waals surface area contributed by atoms with Crippen LogP contribution in [0.25, 0.3) is 0 Å². The van der Waals surface area contributed by atoms with Crippen LogP contribution >= 0.6 is 0 Å². The van der Waals surface area contributed by atoms with Crippen LogP contribution in [0.3, 0.4) is 0 Å². The third kappa shape index (κ3) is 3.65. The van der Waals surface area contributed by atoms with E-state index < -0.39 is 0 Å². The lowest BCUT2D eigenvalue weighted by atomic mass is 9.80. The molecule has 2 aromatic carbocycles. The van der Waals surface area contributed by atoms with Gasteiger partial charge < -0.3 is 14.8 Å². The molecule has 23 heavy (non-hydrogen) atoms. The Morgan fingerprint density at radius 3 is 2.74 bits per heavy atom. The molecule has 0 bridgehead atoms. The van der Waals surface area contributed by atoms with Crippen molar-refractivity contribution in [3.8, 4) is 5.75 Å². The molecule has 1 aliphatic heterocycles. The van der Waals surface area contributed by atoms with E-state index in [0.717, 1.165) is 16.9 Å². The summed E-state index contributed by atoms with van der Waals surface area (Å²) in [7, 11) is 0. The van der Waals surface area contributed by atoms with Crippen molar-refractivity contribution in [3.05, 3.63) is 65.7 Å². The van der Waals surface area contributed by atoms with Crippen LogP contribution in [-0.4, -0.2) is 12.7 Å². The minimum absolute atomic E-state index is 0.0935. The molecule has 1 saturated heterocycles. The smallest absolute Gasteiger partial charge is 0.407 e. The molecule has 4 heteroatoms. The Hall–Kier alpha value is -2.49. The van der Waals surface area contributed by atoms with Gasteiger partial charge in [0.1, 0.15) is 19.0 Å². The van der Waals surface area contributed by atoms with Crippen LogP contribution in [0.2, 0.25) is 0 Å². The summed E-state index contributed by atoms with van der Waals surface area (Å²) in [6.45, 7) is 5.08. The van der Waals surface area contributed by atoms with Gasteiger partial charge in [0.15, 0.2) is 0 Å². The third-order valence-corrected chi connectivity index (χ3v) is 4.06. The maximum Gasteiger partial charge on any atom is 0.407 e. The molecular weight excluding hydrogens is 290 g/mol. The quantitative estimate of drug-likeness (QED) is 0.926. The molecule has 2 aromatic rings. The van der Waals surface area contributed by atoms with Gasteiger partial charge in [0.2, 0.25) is 0 Å². The van der Waals surface area contributed by atoms with Crippen molar-refractivity contribution >= 4 is 6.09 Å². The molecule has 0 spiro atoms. The van der Waals surface area contributed by atoms with Crippen LogP contribution in [0.1, 0.15) is 31.0 Å². The summed E-state index contributed by atoms with van der Waals surface area (Å²) in [6, 6.07) is 17.8. The molecule has 3 rings (SSSR count). The monoisotopic (exact) mass is 311 g/mol. The number of alkyl carbamates (subject to hydrolysis) is 1. The molecule has 0 radical (unpaired) electrons. The molecule has 120 valence electrons. The van der Waals surface area contributed by atoms with Crippen LogP contribution in [0.4, 0.5) is 4.79 Å². The maximum atomic E-state index is 11.6. The lowest BCUT2D eigenvalue weighted by molar-refractivity contribution is 0.0386. The molecule has 0 aromatic heterocycles. The molecule has 1 atom stereocenters. The van der Waals surface area contributed by atoms with Crippen molar-refractivity contribution in [2.75, 3.05) is 6.61 Å². The van der Waals surface area contributed by atoms with Crippen molar-refractivity contribution in [2.45, 2.75) is 26.5 Å². The highest BCUT2D eigenvalue weighted by Gasteiger charge is 2.37. The van der Waals surface area contributed by atoms with Crippen molar-refractivity contribution < 1.29 is 14.3 Å². The standard InChI is InChI=1S/C19H21NO3/c1-19(2)13-23-18(21)20-17(19)15-9-6-10-16(11-15)22-12-14-7-4-3-5-8-14/h3-11,17H,12-13H2,1-2H3,(H,20,21)/t17-/m1/s1. The van der Waals surface area contributed by atoms with Crippen molar-refractivity contribution in [2.24, 2.45) is 5.41 Å². The van der Waals surface area contributed by atoms with Crippen molar-refractivity contribution in [1.29, 1.82) is 0 Å². The van der Waals surface area contributed by atoms with Crippen molar-refractivity contribution in [3.63, 3.8) is 0 Å². The Kier molecular flexibility index (Phi) is 4.24. The van der Waals surface area contributed by atoms with E-state index in [1.165, 1.54) is 0 Å². The molecule has 1 fully saturated rings. The number of hydrogen-bond donors (Lipinski definition) is 1. The summed E-state index contributed by atoms with van der Waals surface area (Å²) in [6.07, 6.45) is -0.370. The summed E-state index contributed by atoms with van der Waals surface area (Å²) >= 11 is 0. The molecule has 0 unspecified atom stereocenters. The lowest BCUT2D eigenvalue weighted by Gasteiger charge is -2.38. The van der Waals surface area contributed by atoms with Gasteiger partial charge in [-0.05, 0) is 23.3 Å². The normalized spacial score (nSPS) is 19.6. The van der Waals surface area contributed by atoms with E-state index in [1.54, 1.807) is 0 Å². The van der Waals surface area contributed by atoms with Gasteiger partial charge >= 0.3 is 6.09 Å². The van der Waals surface area contributed by atoms with Gasteiger partial charge in [-0.2, -0.15) is 0 Å². The summed E-state index contributed by atoms with van der Waals surface area (Å²) < 4.78 is 11.0. The van der Waals surface area contributed by atoms with Gasteiger partial charge in [-0.15, -0.1) is 0 Å². The Labute approximate surface area is 136 Å². The predicted octanol–water partition coefficient (Wildman–Crippen LogP) is 4.07. The second-order valence-corrected chi connectivity index (χ2v) is 6.49. The molecule has 1 heterocycles. The van der Waals surface area contributed by atoms with Crippen LogP contribution in [-0.2, 0) is 11.3 Å². The fraction of sp³-hybridized carbons (Fsp3) is 0.316. The summed E-state index contributed by atoms with van der Waals surface area (Å²) in [5.74, 6) is 0.794. The lowest BCUT2D eigenvalue weighted by Crippen LogP contribution is -2.46. The van der Waals surface area contributed by atoms with E-state index in [1.807, 2.05) is 54.6 Å². The number of rotatable bonds is 4. The number of carbonyl (C=O) groups excluding carboxylic acids is 1. The minimum atomic E-state index is -0.370. The molecule has 1 aliphatic rings. The summed E-state index contributed by atoms with van der Waals surface area (Å²) in [4.78, 5) is 11.6. The Balaban J connectivity index is 1.75. The van der Waals surface area contributed by atoms with Crippen LogP contribution in [0, 0.1) is 5.41 Å². The number of nitrogens with one attached hydrogen (secondary N) is 1. The molecular formula is C19H21NO3.